The van der Waals surface area contributed by atoms with Crippen LogP contribution in [-0.4, -0.2) is 53.2 Å². The predicted octanol–water partition coefficient (Wildman–Crippen LogP) is -0.822. The van der Waals surface area contributed by atoms with E-state index in [0.717, 1.165) is 0 Å². The summed E-state index contributed by atoms with van der Waals surface area (Å²) in [5, 5.41) is 8.24. The second-order valence-electron chi connectivity index (χ2n) is 1.88. The molecule has 5 N–H and O–H groups in total. The monoisotopic (exact) mass is 191 g/mol. The molecule has 0 rings (SSSR count). The van der Waals surface area contributed by atoms with Crippen molar-refractivity contribution in [2.24, 2.45) is 11.5 Å². The quantitative estimate of drug-likeness (QED) is 0.507. The van der Waals surface area contributed by atoms with Gasteiger partial charge in [0, 0.05) is 29.6 Å². The number of carbonyl (C=O) groups is 1. The molecule has 0 aromatic heterocycles. The number of nitrogens with two attached hydrogens (primary N) is 2. The van der Waals surface area contributed by atoms with Gasteiger partial charge in [0.2, 0.25) is 0 Å². The topological polar surface area (TPSA) is 89.3 Å². The van der Waals surface area contributed by atoms with Crippen molar-refractivity contribution < 1.29 is 9.90 Å². The Balaban J connectivity index is -0.000000320. The molecule has 0 saturated carbocycles. The van der Waals surface area contributed by atoms with Crippen LogP contribution in [0.5, 0.6) is 0 Å². The van der Waals surface area contributed by atoms with Gasteiger partial charge in [-0.15, -0.1) is 12.4 Å². The van der Waals surface area contributed by atoms with E-state index in [1.807, 2.05) is 0 Å². The van der Waals surface area contributed by atoms with Crippen LogP contribution in [0.3, 0.4) is 0 Å². The van der Waals surface area contributed by atoms with Crippen LogP contribution >= 0.6 is 12.4 Å². The molecular formula is C5H13ClN2NaO2. The fourth-order valence-corrected chi connectivity index (χ4v) is 0.461. The minimum Gasteiger partial charge on any atom is -0.480 e. The SMILES string of the molecule is Cl.NCCC[C@H](N)C(=O)O.[Na]. The molecule has 0 saturated heterocycles. The average molecular weight is 192 g/mol. The number of halogens is 1. The number of carboxylic acid groups (broad SMARTS) is 1. The van der Waals surface area contributed by atoms with Crippen molar-refractivity contribution in [1.29, 1.82) is 0 Å². The average Bonchev–Trinajstić information content (AvgIpc) is 1.82. The van der Waals surface area contributed by atoms with Gasteiger partial charge >= 0.3 is 5.97 Å². The summed E-state index contributed by atoms with van der Waals surface area (Å²) in [6.45, 7) is 0.501. The number of aliphatic carboxylic acids is 1. The van der Waals surface area contributed by atoms with Gasteiger partial charge in [0.25, 0.3) is 0 Å². The first-order valence-electron chi connectivity index (χ1n) is 2.87. The zero-order chi connectivity index (χ0) is 7.28. The van der Waals surface area contributed by atoms with E-state index in [2.05, 4.69) is 0 Å². The smallest absolute Gasteiger partial charge is 0.320 e. The van der Waals surface area contributed by atoms with E-state index < -0.39 is 12.0 Å². The molecule has 0 unspecified atom stereocenters. The van der Waals surface area contributed by atoms with Gasteiger partial charge in [-0.25, -0.2) is 0 Å². The Hall–Kier alpha value is 0.680. The van der Waals surface area contributed by atoms with Crippen molar-refractivity contribution in [3.05, 3.63) is 0 Å². The number of hydrogen-bond acceptors (Lipinski definition) is 3. The zero-order valence-electron chi connectivity index (χ0n) is 6.62. The van der Waals surface area contributed by atoms with Crippen molar-refractivity contribution >= 4 is 47.9 Å². The molecule has 0 aliphatic rings. The molecule has 1 atom stereocenters. The van der Waals surface area contributed by atoms with Gasteiger partial charge in [0.1, 0.15) is 6.04 Å². The normalized spacial score (nSPS) is 10.7. The van der Waals surface area contributed by atoms with Gasteiger partial charge in [-0.2, -0.15) is 0 Å². The van der Waals surface area contributed by atoms with Crippen molar-refractivity contribution in [2.75, 3.05) is 6.54 Å². The Morgan fingerprint density at radius 1 is 1.55 bits per heavy atom. The molecule has 0 heterocycles. The molecule has 0 amide bonds. The second-order valence-corrected chi connectivity index (χ2v) is 1.88. The minimum atomic E-state index is -0.955. The van der Waals surface area contributed by atoms with Crippen LogP contribution in [0, 0.1) is 0 Å². The van der Waals surface area contributed by atoms with E-state index >= 15 is 0 Å². The van der Waals surface area contributed by atoms with E-state index in [9.17, 15) is 4.79 Å². The summed E-state index contributed by atoms with van der Waals surface area (Å²) in [5.74, 6) is -0.955. The summed E-state index contributed by atoms with van der Waals surface area (Å²) in [6, 6.07) is -0.742. The third-order valence-electron chi connectivity index (χ3n) is 1.04. The number of hydrogen-bond donors (Lipinski definition) is 3. The van der Waals surface area contributed by atoms with Gasteiger partial charge < -0.3 is 16.6 Å². The van der Waals surface area contributed by atoms with Gasteiger partial charge in [-0.1, -0.05) is 0 Å². The first-order chi connectivity index (χ1) is 4.18. The molecule has 0 aromatic carbocycles. The first-order valence-corrected chi connectivity index (χ1v) is 2.87. The van der Waals surface area contributed by atoms with Gasteiger partial charge in [-0.3, -0.25) is 4.79 Å². The maximum Gasteiger partial charge on any atom is 0.320 e. The molecule has 0 aromatic rings. The third-order valence-corrected chi connectivity index (χ3v) is 1.04. The molecule has 1 radical (unpaired) electrons. The van der Waals surface area contributed by atoms with Gasteiger partial charge in [-0.05, 0) is 19.4 Å². The van der Waals surface area contributed by atoms with Crippen LogP contribution in [0.1, 0.15) is 12.8 Å². The Kier molecular flexibility index (Phi) is 17.2. The number of carboxylic acids is 1. The summed E-state index contributed by atoms with van der Waals surface area (Å²) in [7, 11) is 0. The molecule has 0 spiro atoms. The molecule has 63 valence electrons. The Labute approximate surface area is 94.4 Å². The fourth-order valence-electron chi connectivity index (χ4n) is 0.461. The van der Waals surface area contributed by atoms with Crippen molar-refractivity contribution in [3.63, 3.8) is 0 Å². The molecule has 0 bridgehead atoms. The molecular weight excluding hydrogens is 179 g/mol. The molecule has 11 heavy (non-hydrogen) atoms. The summed E-state index contributed by atoms with van der Waals surface area (Å²) in [6.07, 6.45) is 1.14. The summed E-state index contributed by atoms with van der Waals surface area (Å²) in [5.41, 5.74) is 10.3. The Morgan fingerprint density at radius 2 is 2.00 bits per heavy atom. The Morgan fingerprint density at radius 3 is 2.27 bits per heavy atom. The summed E-state index contributed by atoms with van der Waals surface area (Å²) >= 11 is 0. The molecule has 0 aliphatic carbocycles. The first kappa shape index (κ1) is 17.7. The third kappa shape index (κ3) is 10.7. The largest absolute Gasteiger partial charge is 0.480 e. The van der Waals surface area contributed by atoms with E-state index in [-0.39, 0.29) is 42.0 Å². The van der Waals surface area contributed by atoms with E-state index in [1.54, 1.807) is 0 Å². The van der Waals surface area contributed by atoms with E-state index in [1.165, 1.54) is 0 Å². The van der Waals surface area contributed by atoms with Crippen LogP contribution in [-0.2, 0) is 4.79 Å². The number of rotatable bonds is 4. The molecule has 4 nitrogen and oxygen atoms in total. The summed E-state index contributed by atoms with van der Waals surface area (Å²) in [4.78, 5) is 10.0. The zero-order valence-corrected chi connectivity index (χ0v) is 9.43. The van der Waals surface area contributed by atoms with Gasteiger partial charge in [0.05, 0.1) is 0 Å². The van der Waals surface area contributed by atoms with Crippen molar-refractivity contribution in [2.45, 2.75) is 18.9 Å². The van der Waals surface area contributed by atoms with E-state index in [0.29, 0.717) is 19.4 Å². The van der Waals surface area contributed by atoms with Crippen LogP contribution in [0.25, 0.3) is 0 Å². The second kappa shape index (κ2) is 10.7. The minimum absolute atomic E-state index is 0. The maximum absolute atomic E-state index is 10.0. The fraction of sp³-hybridized carbons (Fsp3) is 0.800. The maximum atomic E-state index is 10.0. The van der Waals surface area contributed by atoms with Crippen molar-refractivity contribution in [3.8, 4) is 0 Å². The van der Waals surface area contributed by atoms with E-state index in [4.69, 9.17) is 16.6 Å². The molecule has 0 aliphatic heterocycles. The van der Waals surface area contributed by atoms with Crippen LogP contribution in [0.4, 0.5) is 0 Å². The van der Waals surface area contributed by atoms with Crippen LogP contribution < -0.4 is 11.5 Å². The summed E-state index contributed by atoms with van der Waals surface area (Å²) < 4.78 is 0. The Bertz CT molecular complexity index is 104. The van der Waals surface area contributed by atoms with Crippen molar-refractivity contribution in [1.82, 2.24) is 0 Å². The molecule has 6 heteroatoms. The predicted molar refractivity (Wildman–Crippen MR) is 46.9 cm³/mol. The van der Waals surface area contributed by atoms with Crippen LogP contribution in [0.2, 0.25) is 0 Å². The van der Waals surface area contributed by atoms with Crippen LogP contribution in [0.15, 0.2) is 0 Å². The molecule has 0 fully saturated rings. The van der Waals surface area contributed by atoms with Gasteiger partial charge in [0.15, 0.2) is 0 Å². The standard InChI is InChI=1S/C5H12N2O2.ClH.Na/c6-3-1-2-4(7)5(8)9;;/h4H,1-3,6-7H2,(H,8,9);1H;/t4-;;/m0../s1.